The summed E-state index contributed by atoms with van der Waals surface area (Å²) < 4.78 is 12.8. The normalized spacial score (nSPS) is 40.9. The molecule has 0 spiro atoms. The molecule has 0 aromatic rings. The highest BCUT2D eigenvalue weighted by Gasteiger charge is 2.36. The number of halogens is 1. The van der Waals surface area contributed by atoms with E-state index < -0.39 is 0 Å². The Labute approximate surface area is 66.9 Å². The zero-order valence-electron chi connectivity index (χ0n) is 6.96. The number of likely N-dealkylation sites (N-methyl/N-ethyl adjacent to an activating group) is 1. The third-order valence-electron chi connectivity index (χ3n) is 3.09. The van der Waals surface area contributed by atoms with Crippen LogP contribution in [0.2, 0.25) is 0 Å². The van der Waals surface area contributed by atoms with Gasteiger partial charge in [0.15, 0.2) is 0 Å². The molecule has 2 saturated heterocycles. The molecule has 0 saturated carbocycles. The highest BCUT2D eigenvalue weighted by molar-refractivity contribution is 4.89. The monoisotopic (exact) mass is 158 g/mol. The van der Waals surface area contributed by atoms with Gasteiger partial charge in [0.05, 0.1) is 0 Å². The minimum atomic E-state index is 0.494. The number of hydrogen-bond acceptors (Lipinski definition) is 2. The van der Waals surface area contributed by atoms with Crippen molar-refractivity contribution in [3.63, 3.8) is 0 Å². The molecule has 64 valence electrons. The number of fused-ring (bicyclic) bond motifs is 1. The molecular formula is C8H15FN2. The molecule has 2 heterocycles. The van der Waals surface area contributed by atoms with Crippen LogP contribution in [0.15, 0.2) is 0 Å². The molecule has 0 radical (unpaired) electrons. The van der Waals surface area contributed by atoms with Crippen LogP contribution in [0.1, 0.15) is 12.8 Å². The summed E-state index contributed by atoms with van der Waals surface area (Å²) in [5, 5.41) is 0.961. The van der Waals surface area contributed by atoms with Gasteiger partial charge in [0, 0.05) is 19.1 Å². The summed E-state index contributed by atoms with van der Waals surface area (Å²) in [5.41, 5.74) is 0. The third-order valence-corrected chi connectivity index (χ3v) is 3.09. The van der Waals surface area contributed by atoms with Crippen molar-refractivity contribution in [1.82, 2.24) is 10.0 Å². The van der Waals surface area contributed by atoms with E-state index in [1.807, 2.05) is 0 Å². The Morgan fingerprint density at radius 1 is 1.27 bits per heavy atom. The first-order valence-electron chi connectivity index (χ1n) is 4.38. The van der Waals surface area contributed by atoms with Gasteiger partial charge in [-0.3, -0.25) is 0 Å². The first-order chi connectivity index (χ1) is 5.27. The quantitative estimate of drug-likeness (QED) is 0.483. The van der Waals surface area contributed by atoms with Crippen molar-refractivity contribution < 1.29 is 4.48 Å². The van der Waals surface area contributed by atoms with E-state index >= 15 is 0 Å². The lowest BCUT2D eigenvalue weighted by molar-refractivity contribution is -0.0316. The minimum absolute atomic E-state index is 0.494. The van der Waals surface area contributed by atoms with Gasteiger partial charge in [-0.25, -0.2) is 0 Å². The molecule has 0 aromatic heterocycles. The maximum atomic E-state index is 12.8. The zero-order valence-corrected chi connectivity index (χ0v) is 6.96. The molecule has 11 heavy (non-hydrogen) atoms. The largest absolute Gasteiger partial charge is 0.302 e. The summed E-state index contributed by atoms with van der Waals surface area (Å²) in [6.45, 7) is 2.43. The highest BCUT2D eigenvalue weighted by atomic mass is 19.2. The fourth-order valence-electron chi connectivity index (χ4n) is 2.31. The average molecular weight is 158 g/mol. The van der Waals surface area contributed by atoms with Crippen molar-refractivity contribution in [3.8, 4) is 0 Å². The standard InChI is InChI=1S/C8H15FN2/c1-10-4-2-7-3-5-11(9)6-8(7)10/h7-8H,2-6H2,1H3. The smallest absolute Gasteiger partial charge is 0.0449 e. The van der Waals surface area contributed by atoms with E-state index in [0.717, 1.165) is 24.0 Å². The van der Waals surface area contributed by atoms with Gasteiger partial charge in [0.25, 0.3) is 0 Å². The molecule has 0 amide bonds. The Hall–Kier alpha value is -0.150. The maximum absolute atomic E-state index is 12.8. The number of piperidine rings is 1. The Bertz CT molecular complexity index is 151. The van der Waals surface area contributed by atoms with E-state index in [2.05, 4.69) is 11.9 Å². The summed E-state index contributed by atoms with van der Waals surface area (Å²) in [6, 6.07) is 0.494. The topological polar surface area (TPSA) is 6.48 Å². The second kappa shape index (κ2) is 2.72. The van der Waals surface area contributed by atoms with Crippen molar-refractivity contribution >= 4 is 0 Å². The predicted molar refractivity (Wildman–Crippen MR) is 41.8 cm³/mol. The van der Waals surface area contributed by atoms with Gasteiger partial charge >= 0.3 is 0 Å². The van der Waals surface area contributed by atoms with Crippen molar-refractivity contribution in [3.05, 3.63) is 0 Å². The van der Waals surface area contributed by atoms with Crippen molar-refractivity contribution in [2.75, 3.05) is 26.7 Å². The second-order valence-electron chi connectivity index (χ2n) is 3.75. The fraction of sp³-hybridized carbons (Fsp3) is 1.00. The maximum Gasteiger partial charge on any atom is 0.0449 e. The van der Waals surface area contributed by atoms with Crippen LogP contribution in [0.4, 0.5) is 4.48 Å². The summed E-state index contributed by atoms with van der Waals surface area (Å²) in [5.74, 6) is 0.770. The molecule has 2 unspecified atom stereocenters. The van der Waals surface area contributed by atoms with Gasteiger partial charge in [0.1, 0.15) is 0 Å². The SMILES string of the molecule is CN1CCC2CCN(F)CC21. The van der Waals surface area contributed by atoms with E-state index in [4.69, 9.17) is 0 Å². The van der Waals surface area contributed by atoms with Crippen LogP contribution in [0.3, 0.4) is 0 Å². The molecule has 0 aliphatic carbocycles. The van der Waals surface area contributed by atoms with Crippen LogP contribution >= 0.6 is 0 Å². The summed E-state index contributed by atoms with van der Waals surface area (Å²) in [7, 11) is 2.10. The Morgan fingerprint density at radius 3 is 2.82 bits per heavy atom. The van der Waals surface area contributed by atoms with E-state index in [-0.39, 0.29) is 0 Å². The molecule has 3 heteroatoms. The van der Waals surface area contributed by atoms with Crippen LogP contribution in [-0.4, -0.2) is 42.7 Å². The number of hydrogen-bond donors (Lipinski definition) is 0. The molecule has 2 rings (SSSR count). The van der Waals surface area contributed by atoms with E-state index in [1.165, 1.54) is 6.42 Å². The Kier molecular flexibility index (Phi) is 1.85. The molecule has 2 atom stereocenters. The lowest BCUT2D eigenvalue weighted by Gasteiger charge is -2.32. The number of nitrogens with zero attached hydrogens (tertiary/aromatic N) is 2. The minimum Gasteiger partial charge on any atom is -0.302 e. The van der Waals surface area contributed by atoms with Gasteiger partial charge in [-0.05, 0) is 32.4 Å². The van der Waals surface area contributed by atoms with Crippen molar-refractivity contribution in [2.24, 2.45) is 5.92 Å². The lowest BCUT2D eigenvalue weighted by Crippen LogP contribution is -2.43. The van der Waals surface area contributed by atoms with Gasteiger partial charge in [0.2, 0.25) is 0 Å². The molecule has 0 bridgehead atoms. The first-order valence-corrected chi connectivity index (χ1v) is 4.38. The van der Waals surface area contributed by atoms with Crippen LogP contribution in [0.5, 0.6) is 0 Å². The molecular weight excluding hydrogens is 143 g/mol. The number of likely N-dealkylation sites (tertiary alicyclic amines) is 1. The fourth-order valence-corrected chi connectivity index (χ4v) is 2.31. The van der Waals surface area contributed by atoms with Gasteiger partial charge in [-0.2, -0.15) is 0 Å². The lowest BCUT2D eigenvalue weighted by atomic mass is 9.93. The van der Waals surface area contributed by atoms with E-state index in [0.29, 0.717) is 19.1 Å². The molecule has 0 aromatic carbocycles. The molecule has 2 fully saturated rings. The highest BCUT2D eigenvalue weighted by Crippen LogP contribution is 2.30. The molecule has 2 aliphatic rings. The van der Waals surface area contributed by atoms with Gasteiger partial charge in [-0.15, -0.1) is 9.60 Å². The van der Waals surface area contributed by atoms with Crippen LogP contribution in [-0.2, 0) is 0 Å². The van der Waals surface area contributed by atoms with E-state index in [9.17, 15) is 4.48 Å². The summed E-state index contributed by atoms with van der Waals surface area (Å²) >= 11 is 0. The average Bonchev–Trinajstić information content (AvgIpc) is 2.33. The van der Waals surface area contributed by atoms with Gasteiger partial charge < -0.3 is 4.90 Å². The summed E-state index contributed by atoms with van der Waals surface area (Å²) in [4.78, 5) is 2.29. The van der Waals surface area contributed by atoms with Crippen molar-refractivity contribution in [1.29, 1.82) is 0 Å². The van der Waals surface area contributed by atoms with Gasteiger partial charge in [-0.1, -0.05) is 0 Å². The molecule has 2 nitrogen and oxygen atoms in total. The second-order valence-corrected chi connectivity index (χ2v) is 3.75. The third kappa shape index (κ3) is 1.27. The Morgan fingerprint density at radius 2 is 2.00 bits per heavy atom. The van der Waals surface area contributed by atoms with E-state index in [1.54, 1.807) is 0 Å². The zero-order chi connectivity index (χ0) is 7.84. The van der Waals surface area contributed by atoms with Crippen LogP contribution < -0.4 is 0 Å². The molecule has 2 aliphatic heterocycles. The predicted octanol–water partition coefficient (Wildman–Crippen LogP) is 0.897. The number of rotatable bonds is 0. The Balaban J connectivity index is 2.01. The van der Waals surface area contributed by atoms with Crippen LogP contribution in [0, 0.1) is 5.92 Å². The summed E-state index contributed by atoms with van der Waals surface area (Å²) in [6.07, 6.45) is 2.32. The first kappa shape index (κ1) is 7.50. The van der Waals surface area contributed by atoms with Crippen LogP contribution in [0.25, 0.3) is 0 Å². The molecule has 0 N–H and O–H groups in total. The van der Waals surface area contributed by atoms with Crippen molar-refractivity contribution in [2.45, 2.75) is 18.9 Å².